The Labute approximate surface area is 205 Å². The molecule has 1 N–H and O–H groups in total. The van der Waals surface area contributed by atoms with E-state index in [0.29, 0.717) is 74.6 Å². The van der Waals surface area contributed by atoms with E-state index in [1.54, 1.807) is 37.3 Å². The smallest absolute Gasteiger partial charge is 0.254 e. The molecule has 184 valence electrons. The molecule has 2 amide bonds. The van der Waals surface area contributed by atoms with Crippen LogP contribution in [0.3, 0.4) is 0 Å². The summed E-state index contributed by atoms with van der Waals surface area (Å²) < 4.78 is 16.3. The van der Waals surface area contributed by atoms with E-state index in [0.717, 1.165) is 12.0 Å². The molecule has 2 aromatic carbocycles. The Hall–Kier alpha value is -2.81. The minimum Gasteiger partial charge on any atom is -0.493 e. The normalized spacial score (nSPS) is 14.0. The van der Waals surface area contributed by atoms with Crippen LogP contribution in [0.25, 0.3) is 0 Å². The fourth-order valence-corrected chi connectivity index (χ4v) is 3.88. The SMILES string of the molecule is COCCCNC(=O)CN1CCN(C(=O)c2ccc(OCc3ccccc3Cl)c(OC)c2)CC1. The third-order valence-corrected chi connectivity index (χ3v) is 5.99. The predicted octanol–water partition coefficient (Wildman–Crippen LogP) is 2.84. The zero-order chi connectivity index (χ0) is 24.3. The Morgan fingerprint density at radius 1 is 1.03 bits per heavy atom. The van der Waals surface area contributed by atoms with Crippen LogP contribution >= 0.6 is 11.6 Å². The maximum atomic E-state index is 13.0. The van der Waals surface area contributed by atoms with Gasteiger partial charge in [-0.25, -0.2) is 0 Å². The number of halogens is 1. The maximum absolute atomic E-state index is 13.0. The van der Waals surface area contributed by atoms with E-state index in [4.69, 9.17) is 25.8 Å². The maximum Gasteiger partial charge on any atom is 0.254 e. The van der Waals surface area contributed by atoms with Gasteiger partial charge in [0.25, 0.3) is 5.91 Å². The van der Waals surface area contributed by atoms with E-state index in [2.05, 4.69) is 10.2 Å². The number of hydrogen-bond acceptors (Lipinski definition) is 6. The summed E-state index contributed by atoms with van der Waals surface area (Å²) in [7, 11) is 3.19. The molecule has 1 aliphatic heterocycles. The fourth-order valence-electron chi connectivity index (χ4n) is 3.69. The van der Waals surface area contributed by atoms with Crippen molar-refractivity contribution in [1.29, 1.82) is 0 Å². The Bertz CT molecular complexity index is 963. The molecule has 1 aliphatic rings. The van der Waals surface area contributed by atoms with Gasteiger partial charge in [0.1, 0.15) is 6.61 Å². The molecule has 2 aromatic rings. The van der Waals surface area contributed by atoms with Crippen molar-refractivity contribution in [2.45, 2.75) is 13.0 Å². The lowest BCUT2D eigenvalue weighted by Gasteiger charge is -2.34. The zero-order valence-corrected chi connectivity index (χ0v) is 20.5. The Kier molecular flexibility index (Phi) is 10.00. The summed E-state index contributed by atoms with van der Waals surface area (Å²) in [6.45, 7) is 4.27. The topological polar surface area (TPSA) is 80.3 Å². The van der Waals surface area contributed by atoms with Crippen molar-refractivity contribution in [2.24, 2.45) is 0 Å². The summed E-state index contributed by atoms with van der Waals surface area (Å²) in [4.78, 5) is 29.0. The van der Waals surface area contributed by atoms with E-state index in [1.165, 1.54) is 0 Å². The van der Waals surface area contributed by atoms with Crippen molar-refractivity contribution < 1.29 is 23.8 Å². The van der Waals surface area contributed by atoms with E-state index >= 15 is 0 Å². The number of nitrogens with zero attached hydrogens (tertiary/aromatic N) is 2. The van der Waals surface area contributed by atoms with Gasteiger partial charge in [-0.1, -0.05) is 29.8 Å². The van der Waals surface area contributed by atoms with Crippen LogP contribution < -0.4 is 14.8 Å². The van der Waals surface area contributed by atoms with Gasteiger partial charge in [-0.05, 0) is 30.7 Å². The largest absolute Gasteiger partial charge is 0.493 e. The first kappa shape index (κ1) is 25.8. The molecule has 1 saturated heterocycles. The number of benzene rings is 2. The van der Waals surface area contributed by atoms with E-state index in [-0.39, 0.29) is 11.8 Å². The number of rotatable bonds is 11. The quantitative estimate of drug-likeness (QED) is 0.489. The molecule has 0 unspecified atom stereocenters. The summed E-state index contributed by atoms with van der Waals surface area (Å²) in [6.07, 6.45) is 0.789. The number of carbonyl (C=O) groups is 2. The highest BCUT2D eigenvalue weighted by molar-refractivity contribution is 6.31. The molecule has 1 heterocycles. The van der Waals surface area contributed by atoms with E-state index < -0.39 is 0 Å². The van der Waals surface area contributed by atoms with Crippen molar-refractivity contribution in [2.75, 3.05) is 60.1 Å². The number of carbonyl (C=O) groups excluding carboxylic acids is 2. The summed E-state index contributed by atoms with van der Waals surface area (Å²) >= 11 is 6.20. The van der Waals surface area contributed by atoms with Gasteiger partial charge in [-0.2, -0.15) is 0 Å². The van der Waals surface area contributed by atoms with Crippen LogP contribution in [0.4, 0.5) is 0 Å². The predicted molar refractivity (Wildman–Crippen MR) is 131 cm³/mol. The average Bonchev–Trinajstić information content (AvgIpc) is 2.86. The molecule has 0 aliphatic carbocycles. The lowest BCUT2D eigenvalue weighted by molar-refractivity contribution is -0.122. The third-order valence-electron chi connectivity index (χ3n) is 5.63. The zero-order valence-electron chi connectivity index (χ0n) is 19.7. The summed E-state index contributed by atoms with van der Waals surface area (Å²) in [5, 5.41) is 3.53. The van der Waals surface area contributed by atoms with Crippen LogP contribution in [0.15, 0.2) is 42.5 Å². The lowest BCUT2D eigenvalue weighted by atomic mass is 10.1. The van der Waals surface area contributed by atoms with Crippen LogP contribution in [-0.4, -0.2) is 81.7 Å². The van der Waals surface area contributed by atoms with Gasteiger partial charge < -0.3 is 24.4 Å². The summed E-state index contributed by atoms with van der Waals surface area (Å²) in [5.74, 6) is 0.953. The fraction of sp³-hybridized carbons (Fsp3) is 0.440. The number of methoxy groups -OCH3 is 2. The molecule has 9 heteroatoms. The van der Waals surface area contributed by atoms with Gasteiger partial charge in [0.2, 0.25) is 5.91 Å². The minimum absolute atomic E-state index is 0.00649. The second-order valence-corrected chi connectivity index (χ2v) is 8.42. The number of amides is 2. The van der Waals surface area contributed by atoms with Crippen molar-refractivity contribution in [1.82, 2.24) is 15.1 Å². The summed E-state index contributed by atoms with van der Waals surface area (Å²) in [6, 6.07) is 12.7. The molecule has 1 fully saturated rings. The van der Waals surface area contributed by atoms with Crippen molar-refractivity contribution in [3.05, 3.63) is 58.6 Å². The molecule has 3 rings (SSSR count). The van der Waals surface area contributed by atoms with Gasteiger partial charge in [0.05, 0.1) is 13.7 Å². The van der Waals surface area contributed by atoms with Crippen molar-refractivity contribution in [3.8, 4) is 11.5 Å². The number of nitrogens with one attached hydrogen (secondary N) is 1. The number of ether oxygens (including phenoxy) is 3. The minimum atomic E-state index is -0.0698. The highest BCUT2D eigenvalue weighted by Gasteiger charge is 2.24. The van der Waals surface area contributed by atoms with Crippen LogP contribution in [0.1, 0.15) is 22.3 Å². The molecule has 34 heavy (non-hydrogen) atoms. The van der Waals surface area contributed by atoms with Gasteiger partial charge in [-0.15, -0.1) is 0 Å². The Morgan fingerprint density at radius 3 is 2.50 bits per heavy atom. The first-order chi connectivity index (χ1) is 16.5. The van der Waals surface area contributed by atoms with Crippen LogP contribution in [0, 0.1) is 0 Å². The molecule has 0 aromatic heterocycles. The molecular formula is C25H32ClN3O5. The Morgan fingerprint density at radius 2 is 1.79 bits per heavy atom. The molecule has 0 spiro atoms. The number of piperazine rings is 1. The molecule has 0 atom stereocenters. The molecule has 0 bridgehead atoms. The van der Waals surface area contributed by atoms with Crippen molar-refractivity contribution >= 4 is 23.4 Å². The van der Waals surface area contributed by atoms with E-state index in [9.17, 15) is 9.59 Å². The highest BCUT2D eigenvalue weighted by atomic mass is 35.5. The van der Waals surface area contributed by atoms with Crippen LogP contribution in [-0.2, 0) is 16.1 Å². The second-order valence-electron chi connectivity index (χ2n) is 8.01. The van der Waals surface area contributed by atoms with Gasteiger partial charge >= 0.3 is 0 Å². The molecular weight excluding hydrogens is 458 g/mol. The Balaban J connectivity index is 1.51. The average molecular weight is 490 g/mol. The summed E-state index contributed by atoms with van der Waals surface area (Å²) in [5.41, 5.74) is 1.40. The first-order valence-corrected chi connectivity index (χ1v) is 11.7. The molecule has 8 nitrogen and oxygen atoms in total. The van der Waals surface area contributed by atoms with Crippen molar-refractivity contribution in [3.63, 3.8) is 0 Å². The monoisotopic (exact) mass is 489 g/mol. The van der Waals surface area contributed by atoms with Crippen LogP contribution in [0.5, 0.6) is 11.5 Å². The van der Waals surface area contributed by atoms with E-state index in [1.807, 2.05) is 24.3 Å². The van der Waals surface area contributed by atoms with Gasteiger partial charge in [0, 0.05) is 62.6 Å². The molecule has 0 radical (unpaired) electrons. The third kappa shape index (κ3) is 7.35. The second kappa shape index (κ2) is 13.2. The molecule has 0 saturated carbocycles. The first-order valence-electron chi connectivity index (χ1n) is 11.3. The standard InChI is InChI=1S/C25H32ClN3O5/c1-32-15-5-10-27-24(30)17-28-11-13-29(14-12-28)25(31)19-8-9-22(23(16-19)33-2)34-18-20-6-3-4-7-21(20)26/h3-4,6-9,16H,5,10-15,17-18H2,1-2H3,(H,27,30). The van der Waals surface area contributed by atoms with Crippen LogP contribution in [0.2, 0.25) is 5.02 Å². The number of hydrogen-bond donors (Lipinski definition) is 1. The lowest BCUT2D eigenvalue weighted by Crippen LogP contribution is -2.51. The highest BCUT2D eigenvalue weighted by Crippen LogP contribution is 2.30. The van der Waals surface area contributed by atoms with Gasteiger partial charge in [-0.3, -0.25) is 14.5 Å². The van der Waals surface area contributed by atoms with Gasteiger partial charge in [0.15, 0.2) is 11.5 Å².